The third kappa shape index (κ3) is 2.88. The Morgan fingerprint density at radius 1 is 1.35 bits per heavy atom. The second-order valence-corrected chi connectivity index (χ2v) is 4.27. The minimum Gasteiger partial charge on any atom is -0.497 e. The predicted octanol–water partition coefficient (Wildman–Crippen LogP) is 2.28. The maximum atomic E-state index is 6.18. The van der Waals surface area contributed by atoms with Crippen LogP contribution in [0.5, 0.6) is 5.75 Å². The van der Waals surface area contributed by atoms with E-state index in [1.807, 2.05) is 36.0 Å². The van der Waals surface area contributed by atoms with E-state index in [0.29, 0.717) is 0 Å². The van der Waals surface area contributed by atoms with E-state index in [9.17, 15) is 0 Å². The molecule has 1 aromatic heterocycles. The van der Waals surface area contributed by atoms with Crippen LogP contribution in [0.3, 0.4) is 0 Å². The van der Waals surface area contributed by atoms with Crippen molar-refractivity contribution in [1.29, 1.82) is 0 Å². The number of rotatable bonds is 4. The molecule has 0 aliphatic rings. The summed E-state index contributed by atoms with van der Waals surface area (Å²) < 4.78 is 7.22. The predicted molar refractivity (Wildman–Crippen MR) is 69.0 cm³/mol. The SMILES string of the molecule is COc1cccc(CC(N)c2ccn(C)c2)c1. The van der Waals surface area contributed by atoms with Gasteiger partial charge in [-0.1, -0.05) is 12.1 Å². The van der Waals surface area contributed by atoms with Gasteiger partial charge in [0.25, 0.3) is 0 Å². The number of nitrogens with zero attached hydrogens (tertiary/aromatic N) is 1. The fourth-order valence-corrected chi connectivity index (χ4v) is 1.92. The molecule has 3 nitrogen and oxygen atoms in total. The number of aryl methyl sites for hydroxylation is 1. The van der Waals surface area contributed by atoms with Gasteiger partial charge in [0.2, 0.25) is 0 Å². The van der Waals surface area contributed by atoms with Crippen molar-refractivity contribution < 1.29 is 4.74 Å². The molecule has 2 rings (SSSR count). The van der Waals surface area contributed by atoms with Crippen LogP contribution in [-0.4, -0.2) is 11.7 Å². The molecule has 1 atom stereocenters. The van der Waals surface area contributed by atoms with Crippen LogP contribution >= 0.6 is 0 Å². The monoisotopic (exact) mass is 230 g/mol. The molecule has 0 spiro atoms. The van der Waals surface area contributed by atoms with Gasteiger partial charge in [-0.2, -0.15) is 0 Å². The first-order valence-corrected chi connectivity index (χ1v) is 5.69. The Labute approximate surface area is 102 Å². The Kier molecular flexibility index (Phi) is 3.49. The number of methoxy groups -OCH3 is 1. The second-order valence-electron chi connectivity index (χ2n) is 4.27. The van der Waals surface area contributed by atoms with Crippen molar-refractivity contribution in [2.75, 3.05) is 7.11 Å². The lowest BCUT2D eigenvalue weighted by atomic mass is 10.0. The molecule has 0 aliphatic heterocycles. The molecule has 1 heterocycles. The van der Waals surface area contributed by atoms with Gasteiger partial charge in [0.1, 0.15) is 5.75 Å². The molecule has 0 amide bonds. The number of hydrogen-bond donors (Lipinski definition) is 1. The molecule has 0 radical (unpaired) electrons. The van der Waals surface area contributed by atoms with E-state index in [-0.39, 0.29) is 6.04 Å². The molecule has 0 fully saturated rings. The molecule has 1 unspecified atom stereocenters. The van der Waals surface area contributed by atoms with E-state index >= 15 is 0 Å². The average molecular weight is 230 g/mol. The topological polar surface area (TPSA) is 40.2 Å². The second kappa shape index (κ2) is 5.06. The maximum Gasteiger partial charge on any atom is 0.119 e. The highest BCUT2D eigenvalue weighted by molar-refractivity contribution is 5.30. The first-order valence-electron chi connectivity index (χ1n) is 5.69. The van der Waals surface area contributed by atoms with Gasteiger partial charge >= 0.3 is 0 Å². The van der Waals surface area contributed by atoms with Gasteiger partial charge in [0.15, 0.2) is 0 Å². The minimum absolute atomic E-state index is 0.0308. The lowest BCUT2D eigenvalue weighted by Crippen LogP contribution is -2.12. The molecule has 2 N–H and O–H groups in total. The van der Waals surface area contributed by atoms with Crippen molar-refractivity contribution in [3.8, 4) is 5.75 Å². The summed E-state index contributed by atoms with van der Waals surface area (Å²) in [4.78, 5) is 0. The smallest absolute Gasteiger partial charge is 0.119 e. The van der Waals surface area contributed by atoms with Gasteiger partial charge in [0, 0.05) is 25.5 Å². The molecule has 0 saturated carbocycles. The van der Waals surface area contributed by atoms with Crippen LogP contribution in [0.25, 0.3) is 0 Å². The van der Waals surface area contributed by atoms with Crippen molar-refractivity contribution >= 4 is 0 Å². The van der Waals surface area contributed by atoms with Gasteiger partial charge in [0.05, 0.1) is 7.11 Å². The van der Waals surface area contributed by atoms with Gasteiger partial charge in [-0.15, -0.1) is 0 Å². The van der Waals surface area contributed by atoms with Crippen molar-refractivity contribution in [3.05, 3.63) is 53.9 Å². The zero-order valence-corrected chi connectivity index (χ0v) is 10.3. The molecule has 3 heteroatoms. The molecule has 0 saturated heterocycles. The summed E-state index contributed by atoms with van der Waals surface area (Å²) in [6.07, 6.45) is 4.90. The highest BCUT2D eigenvalue weighted by Gasteiger charge is 2.08. The van der Waals surface area contributed by atoms with E-state index in [2.05, 4.69) is 18.3 Å². The van der Waals surface area contributed by atoms with Crippen LogP contribution in [0.4, 0.5) is 0 Å². The fourth-order valence-electron chi connectivity index (χ4n) is 1.92. The van der Waals surface area contributed by atoms with Crippen LogP contribution in [0, 0.1) is 0 Å². The first kappa shape index (κ1) is 11.7. The van der Waals surface area contributed by atoms with Crippen LogP contribution in [0.2, 0.25) is 0 Å². The standard InChI is InChI=1S/C14H18N2O/c1-16-7-6-12(10-16)14(15)9-11-4-3-5-13(8-11)17-2/h3-8,10,14H,9,15H2,1-2H3. The van der Waals surface area contributed by atoms with Gasteiger partial charge in [-0.25, -0.2) is 0 Å². The summed E-state index contributed by atoms with van der Waals surface area (Å²) in [6.45, 7) is 0. The van der Waals surface area contributed by atoms with Crippen molar-refractivity contribution in [1.82, 2.24) is 4.57 Å². The number of nitrogens with two attached hydrogens (primary N) is 1. The normalized spacial score (nSPS) is 12.4. The fraction of sp³-hybridized carbons (Fsp3) is 0.286. The minimum atomic E-state index is 0.0308. The Morgan fingerprint density at radius 3 is 2.82 bits per heavy atom. The Hall–Kier alpha value is -1.74. The lowest BCUT2D eigenvalue weighted by Gasteiger charge is -2.10. The van der Waals surface area contributed by atoms with E-state index < -0.39 is 0 Å². The van der Waals surface area contributed by atoms with E-state index in [0.717, 1.165) is 17.7 Å². The summed E-state index contributed by atoms with van der Waals surface area (Å²) in [5.41, 5.74) is 8.54. The van der Waals surface area contributed by atoms with Gasteiger partial charge < -0.3 is 15.0 Å². The average Bonchev–Trinajstić information content (AvgIpc) is 2.76. The maximum absolute atomic E-state index is 6.18. The van der Waals surface area contributed by atoms with Crippen LogP contribution < -0.4 is 10.5 Å². The third-order valence-electron chi connectivity index (χ3n) is 2.87. The molecule has 1 aromatic carbocycles. The van der Waals surface area contributed by atoms with Gasteiger partial charge in [-0.05, 0) is 35.7 Å². The van der Waals surface area contributed by atoms with Crippen LogP contribution in [0.1, 0.15) is 17.2 Å². The van der Waals surface area contributed by atoms with Gasteiger partial charge in [-0.3, -0.25) is 0 Å². The quantitative estimate of drug-likeness (QED) is 0.875. The molecular formula is C14H18N2O. The Balaban J connectivity index is 2.09. The zero-order valence-electron chi connectivity index (χ0n) is 10.3. The number of benzene rings is 1. The Morgan fingerprint density at radius 2 is 2.18 bits per heavy atom. The highest BCUT2D eigenvalue weighted by Crippen LogP contribution is 2.19. The molecule has 0 bridgehead atoms. The molecule has 90 valence electrons. The van der Waals surface area contributed by atoms with Crippen molar-refractivity contribution in [2.45, 2.75) is 12.5 Å². The first-order chi connectivity index (χ1) is 8.19. The van der Waals surface area contributed by atoms with E-state index in [4.69, 9.17) is 10.5 Å². The Bertz CT molecular complexity index is 490. The number of aromatic nitrogens is 1. The molecular weight excluding hydrogens is 212 g/mol. The summed E-state index contributed by atoms with van der Waals surface area (Å²) >= 11 is 0. The number of ether oxygens (including phenoxy) is 1. The lowest BCUT2D eigenvalue weighted by molar-refractivity contribution is 0.414. The summed E-state index contributed by atoms with van der Waals surface area (Å²) in [5.74, 6) is 0.878. The highest BCUT2D eigenvalue weighted by atomic mass is 16.5. The molecule has 2 aromatic rings. The van der Waals surface area contributed by atoms with E-state index in [1.165, 1.54) is 5.56 Å². The zero-order chi connectivity index (χ0) is 12.3. The molecule has 17 heavy (non-hydrogen) atoms. The largest absolute Gasteiger partial charge is 0.497 e. The number of hydrogen-bond acceptors (Lipinski definition) is 2. The third-order valence-corrected chi connectivity index (χ3v) is 2.87. The van der Waals surface area contributed by atoms with Crippen molar-refractivity contribution in [2.24, 2.45) is 12.8 Å². The van der Waals surface area contributed by atoms with E-state index in [1.54, 1.807) is 7.11 Å². The summed E-state index contributed by atoms with van der Waals surface area (Å²) in [5, 5.41) is 0. The summed E-state index contributed by atoms with van der Waals surface area (Å²) in [6, 6.07) is 10.1. The van der Waals surface area contributed by atoms with Crippen molar-refractivity contribution in [3.63, 3.8) is 0 Å². The van der Waals surface area contributed by atoms with Crippen LogP contribution in [0.15, 0.2) is 42.7 Å². The molecule has 0 aliphatic carbocycles. The van der Waals surface area contributed by atoms with Crippen LogP contribution in [-0.2, 0) is 13.5 Å². The summed E-state index contributed by atoms with van der Waals surface area (Å²) in [7, 11) is 3.68.